The first-order valence-corrected chi connectivity index (χ1v) is 11.4. The number of anilines is 1. The van der Waals surface area contributed by atoms with Crippen molar-refractivity contribution in [3.63, 3.8) is 0 Å². The lowest BCUT2D eigenvalue weighted by molar-refractivity contribution is -0.116. The van der Waals surface area contributed by atoms with E-state index in [2.05, 4.69) is 5.32 Å². The number of phenols is 1. The van der Waals surface area contributed by atoms with Gasteiger partial charge in [0.05, 0.1) is 17.2 Å². The number of benzene rings is 2. The summed E-state index contributed by atoms with van der Waals surface area (Å²) in [5.74, 6) is -0.208. The maximum absolute atomic E-state index is 13.1. The molecule has 1 amide bonds. The summed E-state index contributed by atoms with van der Waals surface area (Å²) >= 11 is 1.30. The Hall–Kier alpha value is -2.84. The summed E-state index contributed by atoms with van der Waals surface area (Å²) in [5, 5.41) is 14.3. The van der Waals surface area contributed by atoms with Crippen molar-refractivity contribution >= 4 is 32.8 Å². The van der Waals surface area contributed by atoms with E-state index in [-0.39, 0.29) is 33.8 Å². The molecule has 0 saturated heterocycles. The van der Waals surface area contributed by atoms with Gasteiger partial charge in [-0.15, -0.1) is 11.3 Å². The molecule has 1 aliphatic rings. The number of carbonyl (C=O) groups excluding carboxylic acids is 1. The summed E-state index contributed by atoms with van der Waals surface area (Å²) in [6.07, 6.45) is 0.189. The van der Waals surface area contributed by atoms with Crippen LogP contribution in [0.4, 0.5) is 5.69 Å². The second-order valence-corrected chi connectivity index (χ2v) is 9.45. The Morgan fingerprint density at radius 1 is 1.21 bits per heavy atom. The molecule has 6 nitrogen and oxygen atoms in total. The molecule has 0 saturated carbocycles. The highest BCUT2D eigenvalue weighted by Gasteiger charge is 2.34. The minimum atomic E-state index is -3.76. The monoisotopic (exact) mass is 429 g/mol. The van der Waals surface area contributed by atoms with E-state index in [0.29, 0.717) is 18.0 Å². The average Bonchev–Trinajstić information content (AvgIpc) is 3.14. The van der Waals surface area contributed by atoms with Gasteiger partial charge in [-0.05, 0) is 36.8 Å². The molecule has 0 spiro atoms. The van der Waals surface area contributed by atoms with E-state index in [0.717, 1.165) is 10.4 Å². The number of amides is 1. The molecule has 0 fully saturated rings. The van der Waals surface area contributed by atoms with Crippen LogP contribution in [0.3, 0.4) is 0 Å². The summed E-state index contributed by atoms with van der Waals surface area (Å²) in [6.45, 7) is 2.21. The van der Waals surface area contributed by atoms with Crippen LogP contribution in [0.25, 0.3) is 0 Å². The smallest absolute Gasteiger partial charge is 0.225 e. The number of hydrogen-bond acceptors (Lipinski definition) is 6. The molecule has 29 heavy (non-hydrogen) atoms. The van der Waals surface area contributed by atoms with Crippen LogP contribution < -0.4 is 10.1 Å². The number of hydrogen-bond donors (Lipinski definition) is 2. The van der Waals surface area contributed by atoms with Gasteiger partial charge in [0.1, 0.15) is 4.90 Å². The van der Waals surface area contributed by atoms with Gasteiger partial charge in [0.2, 0.25) is 15.7 Å². The third-order valence-corrected chi connectivity index (χ3v) is 7.82. The molecule has 0 aliphatic carbocycles. The van der Waals surface area contributed by atoms with Crippen molar-refractivity contribution in [3.05, 3.63) is 64.4 Å². The first-order chi connectivity index (χ1) is 13.9. The van der Waals surface area contributed by atoms with Gasteiger partial charge in [-0.25, -0.2) is 8.42 Å². The van der Waals surface area contributed by atoms with Gasteiger partial charge < -0.3 is 15.2 Å². The first kappa shape index (κ1) is 19.5. The van der Waals surface area contributed by atoms with Crippen LogP contribution >= 0.6 is 11.3 Å². The van der Waals surface area contributed by atoms with E-state index < -0.39 is 9.84 Å². The molecule has 1 unspecified atom stereocenters. The molecule has 150 valence electrons. The second kappa shape index (κ2) is 7.53. The van der Waals surface area contributed by atoms with Crippen LogP contribution in [-0.2, 0) is 14.6 Å². The Morgan fingerprint density at radius 2 is 1.97 bits per heavy atom. The van der Waals surface area contributed by atoms with Gasteiger partial charge >= 0.3 is 0 Å². The summed E-state index contributed by atoms with van der Waals surface area (Å²) < 4.78 is 31.7. The normalized spacial score (nSPS) is 16.2. The van der Waals surface area contributed by atoms with Gasteiger partial charge in [0.15, 0.2) is 11.5 Å². The largest absolute Gasteiger partial charge is 0.504 e. The molecule has 0 radical (unpaired) electrons. The number of fused-ring (bicyclic) bond motifs is 1. The zero-order valence-electron chi connectivity index (χ0n) is 15.6. The van der Waals surface area contributed by atoms with E-state index >= 15 is 0 Å². The molecule has 8 heteroatoms. The maximum atomic E-state index is 13.1. The lowest BCUT2D eigenvalue weighted by Gasteiger charge is -2.24. The topological polar surface area (TPSA) is 92.7 Å². The molecule has 1 atom stereocenters. The van der Waals surface area contributed by atoms with Crippen LogP contribution in [0.15, 0.2) is 63.7 Å². The molecular formula is C21H19NO5S2. The molecule has 0 bridgehead atoms. The van der Waals surface area contributed by atoms with Gasteiger partial charge in [0, 0.05) is 22.6 Å². The first-order valence-electron chi connectivity index (χ1n) is 9.09. The lowest BCUT2D eigenvalue weighted by atomic mass is 9.90. The highest BCUT2D eigenvalue weighted by atomic mass is 32.2. The number of aromatic hydroxyl groups is 1. The minimum absolute atomic E-state index is 0.0228. The van der Waals surface area contributed by atoms with Crippen LogP contribution in [-0.4, -0.2) is 26.0 Å². The minimum Gasteiger partial charge on any atom is -0.504 e. The molecule has 2 N–H and O–H groups in total. The third-order valence-electron chi connectivity index (χ3n) is 4.79. The van der Waals surface area contributed by atoms with E-state index in [1.807, 2.05) is 6.92 Å². The molecule has 1 aliphatic heterocycles. The van der Waals surface area contributed by atoms with E-state index in [4.69, 9.17) is 4.74 Å². The molecule has 2 heterocycles. The lowest BCUT2D eigenvalue weighted by Crippen LogP contribution is -2.23. The van der Waals surface area contributed by atoms with Crippen molar-refractivity contribution in [1.82, 2.24) is 0 Å². The van der Waals surface area contributed by atoms with Crippen LogP contribution in [0.1, 0.15) is 29.7 Å². The number of carbonyl (C=O) groups is 1. The number of rotatable bonds is 5. The number of phenolic OH excluding ortho intramolecular Hbond substituents is 1. The predicted octanol–water partition coefficient (Wildman–Crippen LogP) is 4.16. The van der Waals surface area contributed by atoms with Crippen molar-refractivity contribution in [2.75, 3.05) is 11.9 Å². The van der Waals surface area contributed by atoms with Crippen molar-refractivity contribution in [3.8, 4) is 11.5 Å². The molecular weight excluding hydrogens is 410 g/mol. The highest BCUT2D eigenvalue weighted by Crippen LogP contribution is 2.46. The Bertz CT molecular complexity index is 1170. The number of thiophene rings is 1. The number of nitrogens with one attached hydrogen (secondary N) is 1. The standard InChI is InChI=1S/C21H19NO5S2/c1-2-27-17-10-13(8-9-16(17)23)15-11-19(24)22-20-18(12-28-21(15)20)29(25,26)14-6-4-3-5-7-14/h3-10,12,15,23H,2,11H2,1H3,(H,22,24). The van der Waals surface area contributed by atoms with Crippen molar-refractivity contribution in [2.45, 2.75) is 29.1 Å². The highest BCUT2D eigenvalue weighted by molar-refractivity contribution is 7.91. The van der Waals surface area contributed by atoms with E-state index in [1.54, 1.807) is 35.7 Å². The SMILES string of the molecule is CCOc1cc(C2CC(=O)Nc3c(S(=O)(=O)c4ccccc4)csc32)ccc1O. The fraction of sp³-hybridized carbons (Fsp3) is 0.190. The fourth-order valence-electron chi connectivity index (χ4n) is 3.42. The molecule has 4 rings (SSSR count). The van der Waals surface area contributed by atoms with Gasteiger partial charge in [-0.3, -0.25) is 4.79 Å². The summed E-state index contributed by atoms with van der Waals surface area (Å²) in [6, 6.07) is 13.1. The maximum Gasteiger partial charge on any atom is 0.225 e. The molecule has 3 aromatic rings. The Labute approximate surface area is 172 Å². The zero-order valence-corrected chi connectivity index (χ0v) is 17.2. The van der Waals surface area contributed by atoms with Crippen molar-refractivity contribution < 1.29 is 23.1 Å². The van der Waals surface area contributed by atoms with Gasteiger partial charge in [0.25, 0.3) is 0 Å². The Morgan fingerprint density at radius 3 is 2.69 bits per heavy atom. The zero-order chi connectivity index (χ0) is 20.6. The summed E-state index contributed by atoms with van der Waals surface area (Å²) in [4.78, 5) is 13.5. The van der Waals surface area contributed by atoms with Gasteiger partial charge in [-0.2, -0.15) is 0 Å². The van der Waals surface area contributed by atoms with Crippen LogP contribution in [0, 0.1) is 0 Å². The van der Waals surface area contributed by atoms with Gasteiger partial charge in [-0.1, -0.05) is 24.3 Å². The fourth-order valence-corrected chi connectivity index (χ4v) is 6.35. The quantitative estimate of drug-likeness (QED) is 0.635. The number of ether oxygens (including phenoxy) is 1. The summed E-state index contributed by atoms with van der Waals surface area (Å²) in [7, 11) is -3.76. The van der Waals surface area contributed by atoms with E-state index in [9.17, 15) is 18.3 Å². The van der Waals surface area contributed by atoms with Crippen molar-refractivity contribution in [1.29, 1.82) is 0 Å². The average molecular weight is 430 g/mol. The summed E-state index contributed by atoms with van der Waals surface area (Å²) in [5.41, 5.74) is 1.12. The Kier molecular flexibility index (Phi) is 5.06. The molecule has 1 aromatic heterocycles. The number of sulfone groups is 1. The van der Waals surface area contributed by atoms with E-state index in [1.165, 1.54) is 29.5 Å². The second-order valence-electron chi connectivity index (χ2n) is 6.62. The predicted molar refractivity (Wildman–Crippen MR) is 111 cm³/mol. The van der Waals surface area contributed by atoms with Crippen LogP contribution in [0.5, 0.6) is 11.5 Å². The Balaban J connectivity index is 1.81. The third kappa shape index (κ3) is 3.49. The molecule has 2 aromatic carbocycles. The van der Waals surface area contributed by atoms with Crippen molar-refractivity contribution in [2.24, 2.45) is 0 Å². The van der Waals surface area contributed by atoms with Crippen LogP contribution in [0.2, 0.25) is 0 Å².